The van der Waals surface area contributed by atoms with E-state index in [4.69, 9.17) is 17.0 Å². The highest BCUT2D eigenvalue weighted by atomic mass is 79.9. The fourth-order valence-electron chi connectivity index (χ4n) is 1.26. The van der Waals surface area contributed by atoms with Gasteiger partial charge in [0.2, 0.25) is 0 Å². The van der Waals surface area contributed by atoms with E-state index in [2.05, 4.69) is 37.2 Å². The zero-order chi connectivity index (χ0) is 11.5. The number of alkyl halides is 2. The molecular weight excluding hydrogens is 370 g/mol. The number of nitrogens with one attached hydrogen (secondary N) is 1. The molecule has 0 aromatic carbocycles. The molecule has 0 radical (unpaired) electrons. The number of hydrogen-bond acceptors (Lipinski definition) is 4. The van der Waals surface area contributed by atoms with Crippen LogP contribution in [-0.4, -0.2) is 41.5 Å². The Bertz CT molecular complexity index is 331. The molecule has 88 valence electrons. The third-order valence-corrected chi connectivity index (χ3v) is 4.43. The Kier molecular flexibility index (Phi) is 5.27. The van der Waals surface area contributed by atoms with Crippen molar-refractivity contribution in [2.75, 3.05) is 18.1 Å². The second kappa shape index (κ2) is 5.79. The Balaban J connectivity index is 2.28. The van der Waals surface area contributed by atoms with Crippen molar-refractivity contribution in [3.63, 3.8) is 0 Å². The normalized spacial score (nSPS) is 24.1. The summed E-state index contributed by atoms with van der Waals surface area (Å²) in [5.41, 5.74) is 0. The van der Waals surface area contributed by atoms with E-state index in [0.29, 0.717) is 13.0 Å². The van der Waals surface area contributed by atoms with Crippen LogP contribution in [0.15, 0.2) is 0 Å². The topological polar surface area (TPSA) is 55.4 Å². The van der Waals surface area contributed by atoms with Gasteiger partial charge in [-0.15, -0.1) is 0 Å². The lowest BCUT2D eigenvalue weighted by Crippen LogP contribution is -2.36. The SMILES string of the molecule is O=S1(=O)CC[C@H](NC(=S)OCC(Br)Br)C1. The molecule has 1 aliphatic heterocycles. The van der Waals surface area contributed by atoms with Gasteiger partial charge in [-0.2, -0.15) is 0 Å². The van der Waals surface area contributed by atoms with Crippen LogP contribution < -0.4 is 5.32 Å². The van der Waals surface area contributed by atoms with Gasteiger partial charge in [-0.1, -0.05) is 31.9 Å². The molecule has 1 atom stereocenters. The lowest BCUT2D eigenvalue weighted by molar-refractivity contribution is 0.315. The summed E-state index contributed by atoms with van der Waals surface area (Å²) in [6, 6.07) is -0.105. The van der Waals surface area contributed by atoms with Gasteiger partial charge < -0.3 is 10.1 Å². The van der Waals surface area contributed by atoms with Crippen molar-refractivity contribution in [3.05, 3.63) is 0 Å². The van der Waals surface area contributed by atoms with E-state index in [1.165, 1.54) is 0 Å². The van der Waals surface area contributed by atoms with E-state index in [1.54, 1.807) is 0 Å². The predicted molar refractivity (Wildman–Crippen MR) is 70.4 cm³/mol. The summed E-state index contributed by atoms with van der Waals surface area (Å²) in [5.74, 6) is 0.370. The van der Waals surface area contributed by atoms with E-state index < -0.39 is 9.84 Å². The van der Waals surface area contributed by atoms with Gasteiger partial charge in [-0.05, 0) is 18.6 Å². The fourth-order valence-corrected chi connectivity index (χ4v) is 3.43. The highest BCUT2D eigenvalue weighted by molar-refractivity contribution is 9.24. The molecule has 1 heterocycles. The zero-order valence-corrected chi connectivity index (χ0v) is 12.6. The molecule has 0 bridgehead atoms. The summed E-state index contributed by atoms with van der Waals surface area (Å²) in [5, 5.41) is 3.13. The maximum Gasteiger partial charge on any atom is 0.256 e. The molecule has 1 rings (SSSR count). The molecular formula is C7H11Br2NO3S2. The van der Waals surface area contributed by atoms with Crippen LogP contribution in [0.25, 0.3) is 0 Å². The Labute approximate surface area is 111 Å². The van der Waals surface area contributed by atoms with E-state index in [1.807, 2.05) is 0 Å². The van der Waals surface area contributed by atoms with Gasteiger partial charge >= 0.3 is 0 Å². The number of rotatable bonds is 3. The summed E-state index contributed by atoms with van der Waals surface area (Å²) in [4.78, 5) is 0. The van der Waals surface area contributed by atoms with Gasteiger partial charge in [0.25, 0.3) is 5.17 Å². The second-order valence-corrected chi connectivity index (χ2v) is 9.27. The monoisotopic (exact) mass is 379 g/mol. The maximum atomic E-state index is 11.1. The van der Waals surface area contributed by atoms with Crippen molar-refractivity contribution in [2.45, 2.75) is 16.2 Å². The minimum absolute atomic E-state index is 0.0389. The average Bonchev–Trinajstić information content (AvgIpc) is 2.42. The molecule has 0 aliphatic carbocycles. The molecule has 0 aromatic heterocycles. The van der Waals surface area contributed by atoms with Crippen LogP contribution in [0.5, 0.6) is 0 Å². The number of ether oxygens (including phenoxy) is 1. The molecule has 1 saturated heterocycles. The maximum absolute atomic E-state index is 11.1. The van der Waals surface area contributed by atoms with Gasteiger partial charge in [0, 0.05) is 6.04 Å². The molecule has 0 unspecified atom stereocenters. The Morgan fingerprint density at radius 1 is 1.60 bits per heavy atom. The number of sulfone groups is 1. The van der Waals surface area contributed by atoms with E-state index in [-0.39, 0.29) is 26.5 Å². The Morgan fingerprint density at radius 2 is 2.27 bits per heavy atom. The number of halogens is 2. The molecule has 15 heavy (non-hydrogen) atoms. The first-order valence-electron chi connectivity index (χ1n) is 4.31. The summed E-state index contributed by atoms with van der Waals surface area (Å²) in [6.07, 6.45) is 0.595. The summed E-state index contributed by atoms with van der Waals surface area (Å²) < 4.78 is 27.5. The van der Waals surface area contributed by atoms with Crippen LogP contribution in [0, 0.1) is 0 Å². The van der Waals surface area contributed by atoms with Crippen LogP contribution >= 0.6 is 44.1 Å². The Morgan fingerprint density at radius 3 is 2.73 bits per heavy atom. The summed E-state index contributed by atoms with van der Waals surface area (Å²) in [7, 11) is -2.87. The quantitative estimate of drug-likeness (QED) is 0.588. The molecule has 8 heteroatoms. The van der Waals surface area contributed by atoms with E-state index in [0.717, 1.165) is 0 Å². The van der Waals surface area contributed by atoms with Crippen molar-refractivity contribution in [1.82, 2.24) is 5.32 Å². The van der Waals surface area contributed by atoms with Crippen LogP contribution in [0.2, 0.25) is 0 Å². The van der Waals surface area contributed by atoms with Gasteiger partial charge in [0.1, 0.15) is 10.3 Å². The second-order valence-electron chi connectivity index (χ2n) is 3.23. The zero-order valence-electron chi connectivity index (χ0n) is 7.78. The summed E-state index contributed by atoms with van der Waals surface area (Å²) >= 11 is 11.4. The van der Waals surface area contributed by atoms with Gasteiger partial charge in [-0.25, -0.2) is 8.42 Å². The molecule has 0 aromatic rings. The van der Waals surface area contributed by atoms with E-state index >= 15 is 0 Å². The van der Waals surface area contributed by atoms with Crippen molar-refractivity contribution in [1.29, 1.82) is 0 Å². The molecule has 1 N–H and O–H groups in total. The smallest absolute Gasteiger partial charge is 0.256 e. The van der Waals surface area contributed by atoms with Crippen LogP contribution in [0.3, 0.4) is 0 Å². The van der Waals surface area contributed by atoms with Crippen molar-refractivity contribution >= 4 is 59.1 Å². The molecule has 1 fully saturated rings. The lowest BCUT2D eigenvalue weighted by Gasteiger charge is -2.14. The van der Waals surface area contributed by atoms with Crippen LogP contribution in [0.1, 0.15) is 6.42 Å². The first kappa shape index (κ1) is 13.7. The standard InChI is InChI=1S/C7H11Br2NO3S2/c8-6(9)3-13-7(14)10-5-1-2-15(11,12)4-5/h5-6H,1-4H2,(H,10,14)/t5-/m0/s1. The number of thiocarbonyl (C=S) groups is 1. The van der Waals surface area contributed by atoms with Gasteiger partial charge in [-0.3, -0.25) is 0 Å². The molecule has 0 saturated carbocycles. The van der Waals surface area contributed by atoms with Gasteiger partial charge in [0.05, 0.1) is 11.5 Å². The molecule has 0 spiro atoms. The van der Waals surface area contributed by atoms with Crippen LogP contribution in [-0.2, 0) is 14.6 Å². The van der Waals surface area contributed by atoms with E-state index in [9.17, 15) is 8.42 Å². The van der Waals surface area contributed by atoms with Crippen molar-refractivity contribution in [3.8, 4) is 0 Å². The lowest BCUT2D eigenvalue weighted by atomic mass is 10.3. The minimum atomic E-state index is -2.87. The predicted octanol–water partition coefficient (Wildman–Crippen LogP) is 1.18. The number of hydrogen-bond donors (Lipinski definition) is 1. The third-order valence-electron chi connectivity index (χ3n) is 1.89. The molecule has 4 nitrogen and oxygen atoms in total. The Hall–Kier alpha value is 0.600. The fraction of sp³-hybridized carbons (Fsp3) is 0.857. The molecule has 1 aliphatic rings. The first-order valence-corrected chi connectivity index (χ1v) is 8.37. The largest absolute Gasteiger partial charge is 0.469 e. The molecule has 0 amide bonds. The van der Waals surface area contributed by atoms with Gasteiger partial charge in [0.15, 0.2) is 9.84 Å². The highest BCUT2D eigenvalue weighted by Crippen LogP contribution is 2.12. The van der Waals surface area contributed by atoms with Crippen LogP contribution in [0.4, 0.5) is 0 Å². The minimum Gasteiger partial charge on any atom is -0.469 e. The highest BCUT2D eigenvalue weighted by Gasteiger charge is 2.28. The first-order chi connectivity index (χ1) is 6.89. The van der Waals surface area contributed by atoms with Crippen molar-refractivity contribution in [2.24, 2.45) is 0 Å². The third kappa shape index (κ3) is 5.46. The van der Waals surface area contributed by atoms with Crippen molar-refractivity contribution < 1.29 is 13.2 Å². The average molecular weight is 381 g/mol. The summed E-state index contributed by atoms with van der Waals surface area (Å²) in [6.45, 7) is 0.394.